The third-order valence-electron chi connectivity index (χ3n) is 4.56. The zero-order valence-corrected chi connectivity index (χ0v) is 14.1. The molecule has 0 saturated carbocycles. The van der Waals surface area contributed by atoms with Crippen LogP contribution >= 0.6 is 0 Å². The van der Waals surface area contributed by atoms with Gasteiger partial charge in [-0.05, 0) is 31.9 Å². The first-order chi connectivity index (χ1) is 11.4. The lowest BCUT2D eigenvalue weighted by Gasteiger charge is -2.34. The Morgan fingerprint density at radius 3 is 2.50 bits per heavy atom. The van der Waals surface area contributed by atoms with Crippen molar-refractivity contribution < 1.29 is 14.7 Å². The fourth-order valence-electron chi connectivity index (χ4n) is 3.27. The summed E-state index contributed by atoms with van der Waals surface area (Å²) in [5.74, 6) is -1.26. The summed E-state index contributed by atoms with van der Waals surface area (Å²) in [6.45, 7) is 6.13. The van der Waals surface area contributed by atoms with E-state index in [0.717, 1.165) is 16.8 Å². The smallest absolute Gasteiger partial charge is 0.326 e. The van der Waals surface area contributed by atoms with Gasteiger partial charge in [-0.15, -0.1) is 0 Å². The largest absolute Gasteiger partial charge is 0.480 e. The van der Waals surface area contributed by atoms with Gasteiger partial charge in [-0.25, -0.2) is 4.79 Å². The average Bonchev–Trinajstić information content (AvgIpc) is 2.94. The minimum Gasteiger partial charge on any atom is -0.480 e. The van der Waals surface area contributed by atoms with Gasteiger partial charge in [0, 0.05) is 24.7 Å². The van der Waals surface area contributed by atoms with Gasteiger partial charge in [0.2, 0.25) is 0 Å². The molecule has 2 aromatic rings. The second-order valence-corrected chi connectivity index (χ2v) is 6.44. The molecule has 126 valence electrons. The number of fused-ring (bicyclic) bond motifs is 1. The molecule has 1 aliphatic heterocycles. The molecule has 24 heavy (non-hydrogen) atoms. The van der Waals surface area contributed by atoms with E-state index in [1.54, 1.807) is 4.68 Å². The van der Waals surface area contributed by atoms with Crippen LogP contribution in [0.15, 0.2) is 30.5 Å². The summed E-state index contributed by atoms with van der Waals surface area (Å²) in [7, 11) is 0. The molecule has 0 saturated heterocycles. The first-order valence-corrected chi connectivity index (χ1v) is 8.04. The molecular weight excluding hydrogens is 306 g/mol. The topological polar surface area (TPSA) is 75.4 Å². The van der Waals surface area contributed by atoms with Crippen LogP contribution in [0.2, 0.25) is 0 Å². The van der Waals surface area contributed by atoms with E-state index < -0.39 is 12.0 Å². The number of carboxylic acids is 1. The van der Waals surface area contributed by atoms with Crippen molar-refractivity contribution in [2.24, 2.45) is 0 Å². The number of nitrogens with zero attached hydrogens (tertiary/aromatic N) is 3. The van der Waals surface area contributed by atoms with Crippen LogP contribution in [0.3, 0.4) is 0 Å². The van der Waals surface area contributed by atoms with Crippen molar-refractivity contribution in [1.29, 1.82) is 0 Å². The summed E-state index contributed by atoms with van der Waals surface area (Å²) >= 11 is 0. The first kappa shape index (κ1) is 16.2. The Hall–Kier alpha value is -2.63. The zero-order valence-electron chi connectivity index (χ0n) is 14.1. The molecule has 0 aliphatic carbocycles. The number of carbonyl (C=O) groups is 2. The maximum absolute atomic E-state index is 13.0. The van der Waals surface area contributed by atoms with Crippen LogP contribution in [0, 0.1) is 6.92 Å². The van der Waals surface area contributed by atoms with E-state index >= 15 is 0 Å². The first-order valence-electron chi connectivity index (χ1n) is 8.04. The molecule has 6 nitrogen and oxygen atoms in total. The maximum atomic E-state index is 13.0. The van der Waals surface area contributed by atoms with E-state index in [1.807, 2.05) is 45.0 Å². The van der Waals surface area contributed by atoms with Gasteiger partial charge < -0.3 is 10.0 Å². The third kappa shape index (κ3) is 2.68. The molecule has 1 aromatic carbocycles. The number of hydrogen-bond acceptors (Lipinski definition) is 3. The summed E-state index contributed by atoms with van der Waals surface area (Å²) in [5.41, 5.74) is 3.22. The monoisotopic (exact) mass is 327 g/mol. The minimum atomic E-state index is -0.980. The fraction of sp³-hybridized carbons (Fsp3) is 0.389. The van der Waals surface area contributed by atoms with Crippen molar-refractivity contribution in [3.8, 4) is 0 Å². The summed E-state index contributed by atoms with van der Waals surface area (Å²) in [4.78, 5) is 26.1. The van der Waals surface area contributed by atoms with Crippen molar-refractivity contribution in [2.75, 3.05) is 0 Å². The summed E-state index contributed by atoms with van der Waals surface area (Å²) in [6.07, 6.45) is 1.87. The molecule has 1 aliphatic rings. The van der Waals surface area contributed by atoms with E-state index in [9.17, 15) is 14.7 Å². The van der Waals surface area contributed by atoms with Gasteiger partial charge in [-0.2, -0.15) is 5.10 Å². The molecule has 1 N–H and O–H groups in total. The molecule has 1 unspecified atom stereocenters. The van der Waals surface area contributed by atoms with E-state index in [1.165, 1.54) is 11.1 Å². The van der Waals surface area contributed by atoms with Crippen molar-refractivity contribution >= 4 is 11.9 Å². The lowest BCUT2D eigenvalue weighted by molar-refractivity contribution is -0.142. The van der Waals surface area contributed by atoms with Crippen molar-refractivity contribution in [3.63, 3.8) is 0 Å². The van der Waals surface area contributed by atoms with E-state index in [4.69, 9.17) is 0 Å². The molecule has 0 fully saturated rings. The fourth-order valence-corrected chi connectivity index (χ4v) is 3.27. The molecule has 1 atom stereocenters. The molecule has 0 bridgehead atoms. The van der Waals surface area contributed by atoms with Crippen LogP contribution in [-0.2, 0) is 17.8 Å². The number of aromatic nitrogens is 2. The van der Waals surface area contributed by atoms with E-state index in [-0.39, 0.29) is 11.9 Å². The highest BCUT2D eigenvalue weighted by Crippen LogP contribution is 2.26. The molecule has 1 amide bonds. The van der Waals surface area contributed by atoms with Crippen LogP contribution < -0.4 is 0 Å². The summed E-state index contributed by atoms with van der Waals surface area (Å²) in [5, 5.41) is 13.8. The van der Waals surface area contributed by atoms with Crippen LogP contribution in [0.25, 0.3) is 0 Å². The molecule has 0 spiro atoms. The van der Waals surface area contributed by atoms with Crippen LogP contribution in [0.4, 0.5) is 0 Å². The van der Waals surface area contributed by atoms with Crippen LogP contribution in [0.5, 0.6) is 0 Å². The second kappa shape index (κ2) is 6.11. The van der Waals surface area contributed by atoms with Gasteiger partial charge in [0.05, 0.1) is 11.8 Å². The number of benzene rings is 1. The molecule has 1 aromatic heterocycles. The highest BCUT2D eigenvalue weighted by Gasteiger charge is 2.36. The van der Waals surface area contributed by atoms with Gasteiger partial charge in [0.25, 0.3) is 5.91 Å². The highest BCUT2D eigenvalue weighted by molar-refractivity contribution is 5.97. The lowest BCUT2D eigenvalue weighted by Crippen LogP contribution is -2.48. The molecule has 0 radical (unpaired) electrons. The molecule has 3 rings (SSSR count). The number of carboxylic acid groups (broad SMARTS) is 1. The van der Waals surface area contributed by atoms with Crippen LogP contribution in [-0.4, -0.2) is 37.7 Å². The van der Waals surface area contributed by atoms with E-state index in [2.05, 4.69) is 5.10 Å². The normalized spacial score (nSPS) is 17.0. The number of carbonyl (C=O) groups excluding carboxylic acids is 1. The SMILES string of the molecule is Cc1c(C(=O)N2Cc3ccccc3CC2C(=O)O)cnn1C(C)C. The lowest BCUT2D eigenvalue weighted by atomic mass is 9.93. The van der Waals surface area contributed by atoms with Crippen molar-refractivity contribution in [3.05, 3.63) is 52.8 Å². The van der Waals surface area contributed by atoms with Crippen molar-refractivity contribution in [1.82, 2.24) is 14.7 Å². The average molecular weight is 327 g/mol. The molecular formula is C18H21N3O3. The number of hydrogen-bond donors (Lipinski definition) is 1. The minimum absolute atomic E-state index is 0.143. The van der Waals surface area contributed by atoms with Gasteiger partial charge >= 0.3 is 5.97 Å². The van der Waals surface area contributed by atoms with Crippen LogP contribution in [0.1, 0.15) is 47.1 Å². The van der Waals surface area contributed by atoms with Gasteiger partial charge in [-0.1, -0.05) is 24.3 Å². The Labute approximate surface area is 140 Å². The van der Waals surface area contributed by atoms with Crippen molar-refractivity contribution in [2.45, 2.75) is 45.8 Å². The number of rotatable bonds is 3. The quantitative estimate of drug-likeness (QED) is 0.939. The Balaban J connectivity index is 1.97. The predicted molar refractivity (Wildman–Crippen MR) is 88.8 cm³/mol. The van der Waals surface area contributed by atoms with Gasteiger partial charge in [-0.3, -0.25) is 9.48 Å². The Bertz CT molecular complexity index is 795. The molecule has 2 heterocycles. The molecule has 6 heteroatoms. The summed E-state index contributed by atoms with van der Waals surface area (Å²) in [6, 6.07) is 6.96. The Morgan fingerprint density at radius 2 is 1.92 bits per heavy atom. The maximum Gasteiger partial charge on any atom is 0.326 e. The van der Waals surface area contributed by atoms with Gasteiger partial charge in [0.15, 0.2) is 0 Å². The predicted octanol–water partition coefficient (Wildman–Crippen LogP) is 2.42. The standard InChI is InChI=1S/C18H21N3O3/c1-11(2)21-12(3)15(9-19-21)17(22)20-10-14-7-5-4-6-13(14)8-16(20)18(23)24/h4-7,9,11,16H,8,10H2,1-3H3,(H,23,24). The van der Waals surface area contributed by atoms with E-state index in [0.29, 0.717) is 18.5 Å². The third-order valence-corrected chi connectivity index (χ3v) is 4.56. The second-order valence-electron chi connectivity index (χ2n) is 6.44. The summed E-state index contributed by atoms with van der Waals surface area (Å²) < 4.78 is 1.78. The number of amides is 1. The Kier molecular flexibility index (Phi) is 4.13. The highest BCUT2D eigenvalue weighted by atomic mass is 16.4. The number of aliphatic carboxylic acids is 1. The van der Waals surface area contributed by atoms with Gasteiger partial charge in [0.1, 0.15) is 6.04 Å². The zero-order chi connectivity index (χ0) is 17.4. The Morgan fingerprint density at radius 1 is 1.25 bits per heavy atom.